The van der Waals surface area contributed by atoms with Crippen LogP contribution < -0.4 is 9.47 Å². The zero-order valence-corrected chi connectivity index (χ0v) is 76.9. The Balaban J connectivity index is 1.17. The van der Waals surface area contributed by atoms with E-state index in [-0.39, 0.29) is 81.6 Å². The van der Waals surface area contributed by atoms with Gasteiger partial charge in [0.1, 0.15) is 25.4 Å². The minimum Gasteiger partial charge on any atom is -0.487 e. The molecule has 0 fully saturated rings. The third-order valence-corrected chi connectivity index (χ3v) is 26.2. The number of rotatable bonds is 66. The van der Waals surface area contributed by atoms with Crippen molar-refractivity contribution in [3.8, 4) is 67.1 Å². The van der Waals surface area contributed by atoms with E-state index in [1.54, 1.807) is 14.2 Å². The van der Waals surface area contributed by atoms with E-state index in [0.29, 0.717) is 90.5 Å². The minimum atomic E-state index is -1.34. The number of hydrogen-bond donors (Lipinski definition) is 1. The number of unbranched alkanes of at least 4 members (excludes halogenated alkanes) is 20. The summed E-state index contributed by atoms with van der Waals surface area (Å²) in [6.45, 7) is 17.0. The van der Waals surface area contributed by atoms with Crippen LogP contribution in [0.5, 0.6) is 11.5 Å². The van der Waals surface area contributed by atoms with Crippen molar-refractivity contribution in [3.05, 3.63) is 212 Å². The highest BCUT2D eigenvalue weighted by Gasteiger charge is 2.50. The molecule has 0 radical (unpaired) electrons. The quantitative estimate of drug-likeness (QED) is 0.0216. The normalized spacial score (nSPS) is 13.5. The molecule has 0 amide bonds. The van der Waals surface area contributed by atoms with Gasteiger partial charge in [-0.05, 0) is 186 Å². The molecule has 0 atom stereocenters. The van der Waals surface area contributed by atoms with Gasteiger partial charge in [0.25, 0.3) is 6.47 Å². The van der Waals surface area contributed by atoms with Gasteiger partial charge in [-0.25, -0.2) is 4.79 Å². The second-order valence-corrected chi connectivity index (χ2v) is 34.4. The van der Waals surface area contributed by atoms with Gasteiger partial charge in [0.2, 0.25) is 0 Å². The van der Waals surface area contributed by atoms with E-state index in [1.165, 1.54) is 180 Å². The fraction of sp³-hybridized carbons (Fsp3) is 0.541. The van der Waals surface area contributed by atoms with Crippen LogP contribution in [-0.2, 0) is 86.4 Å². The van der Waals surface area contributed by atoms with Gasteiger partial charge < -0.3 is 66.7 Å². The van der Waals surface area contributed by atoms with Crippen molar-refractivity contribution in [1.29, 1.82) is 0 Å². The van der Waals surface area contributed by atoms with Gasteiger partial charge in [-0.2, -0.15) is 0 Å². The Kier molecular flexibility index (Phi) is 40.9. The lowest BCUT2D eigenvalue weighted by Gasteiger charge is -2.36. The van der Waals surface area contributed by atoms with Gasteiger partial charge >= 0.3 is 5.97 Å². The number of aliphatic hydroxyl groups is 1. The van der Waals surface area contributed by atoms with Gasteiger partial charge in [0, 0.05) is 25.0 Å². The number of aliphatic hydroxyl groups excluding tert-OH is 1. The number of ether oxygens (including phenoxy) is 13. The average Bonchev–Trinajstić information content (AvgIpc) is 1.54. The Morgan fingerprint density at radius 3 is 1.10 bits per heavy atom. The predicted octanol–water partition coefficient (Wildman–Crippen LogP) is 24.3. The molecule has 8 aromatic rings. The maximum Gasteiger partial charge on any atom is 0.341 e. The van der Waals surface area contributed by atoms with Gasteiger partial charge in [-0.3, -0.25) is 4.79 Å². The highest BCUT2D eigenvalue weighted by Crippen LogP contribution is 2.62. The van der Waals surface area contributed by atoms with E-state index >= 15 is 4.79 Å². The van der Waals surface area contributed by atoms with Crippen LogP contribution >= 0.6 is 0 Å². The lowest BCUT2D eigenvalue weighted by atomic mass is 9.66. The second kappa shape index (κ2) is 52.4. The number of benzene rings is 8. The van der Waals surface area contributed by atoms with Gasteiger partial charge in [0.15, 0.2) is 11.5 Å². The number of fused-ring (bicyclic) bond motifs is 9. The maximum atomic E-state index is 15.5. The third kappa shape index (κ3) is 25.1. The highest BCUT2D eigenvalue weighted by molar-refractivity contribution is 5.97. The van der Waals surface area contributed by atoms with Crippen molar-refractivity contribution in [3.63, 3.8) is 0 Å². The smallest absolute Gasteiger partial charge is 0.341 e. The van der Waals surface area contributed by atoms with Crippen molar-refractivity contribution in [1.82, 2.24) is 0 Å². The van der Waals surface area contributed by atoms with Crippen LogP contribution in [0.2, 0.25) is 0 Å². The minimum absolute atomic E-state index is 0.0379. The van der Waals surface area contributed by atoms with Crippen LogP contribution in [0.25, 0.3) is 55.6 Å². The molecule has 0 aliphatic heterocycles. The molecule has 0 heterocycles. The molecule has 16 nitrogen and oxygen atoms in total. The predicted molar refractivity (Wildman–Crippen MR) is 502 cm³/mol. The van der Waals surface area contributed by atoms with Gasteiger partial charge in [-0.15, -0.1) is 0 Å². The molecule has 0 bridgehead atoms. The summed E-state index contributed by atoms with van der Waals surface area (Å²) in [5.41, 5.74) is 21.8. The lowest BCUT2D eigenvalue weighted by molar-refractivity contribution is -0.129. The number of hydrogen-bond acceptors (Lipinski definition) is 16. The first-order valence-electron chi connectivity index (χ1n) is 47.7. The number of carbonyl (C=O) groups is 2. The SMILES string of the molecule is CCCCCCCCC1(CCCCCCCC)c2ccccc2-c2ccc(-c3ccc4c(c3)C(c3cc(COC=O)c(C)c(COCCOCCOCCO)c3)(c3cc(OCCOCCOCCOC)c(OCCOCCOCCOC)c(C(=O)OC)c3)c3cc(-c5ccc6c(c5)C(CCCCCCCC)(CCCCCCCC)c5ccccc5-6)ccc3-4)cc21. The van der Waals surface area contributed by atoms with Gasteiger partial charge in [-0.1, -0.05) is 291 Å². The Morgan fingerprint density at radius 2 is 0.688 bits per heavy atom. The van der Waals surface area contributed by atoms with E-state index in [2.05, 4.69) is 174 Å². The van der Waals surface area contributed by atoms with Crippen LogP contribution in [-0.4, -0.2) is 158 Å². The average molecular weight is 1710 g/mol. The van der Waals surface area contributed by atoms with E-state index in [0.717, 1.165) is 118 Å². The van der Waals surface area contributed by atoms with Crippen molar-refractivity contribution >= 4 is 12.4 Å². The largest absolute Gasteiger partial charge is 0.487 e. The van der Waals surface area contributed by atoms with E-state index in [1.807, 2.05) is 6.07 Å². The monoisotopic (exact) mass is 1710 g/mol. The van der Waals surface area contributed by atoms with Crippen LogP contribution in [0.3, 0.4) is 0 Å². The fourth-order valence-electron chi connectivity index (χ4n) is 19.7. The topological polar surface area (TPSA) is 174 Å². The zero-order chi connectivity index (χ0) is 87.7. The summed E-state index contributed by atoms with van der Waals surface area (Å²) in [7, 11) is 4.70. The Morgan fingerprint density at radius 1 is 0.344 bits per heavy atom. The lowest BCUT2D eigenvalue weighted by Crippen LogP contribution is -2.30. The molecule has 678 valence electrons. The fourth-order valence-corrected chi connectivity index (χ4v) is 19.7. The molecule has 11 rings (SSSR count). The van der Waals surface area contributed by atoms with Crippen LogP contribution in [0.4, 0.5) is 0 Å². The van der Waals surface area contributed by atoms with Crippen LogP contribution in [0, 0.1) is 6.92 Å². The standard InChI is InChI=1S/C109H146O16/c1-9-13-17-21-25-33-49-107(50-34-26-22-18-14-10-2)98-39-31-29-37-91(98)93-45-41-83(73-100(93)107)85-43-47-95-96-48-44-86(84-42-46-94-92-38-30-32-40-99(92)108(101(94)74-84,51-35-27-23-19-15-11-3)52-36-28-24-20-16-12-4)76-103(96)109(102(95)75-85,89-71-87(82(5)88(72-89)80-123-81-111)79-122-66-65-119-60-59-116-54-53-110)90-77-97(106(112)115-8)105(125-70-68-121-64-62-118-58-56-114-7)104(78-90)124-69-67-120-63-61-117-57-55-113-6/h29-32,37-48,71-78,81,110H,9-28,33-36,49-70,79-80H2,1-8H3. The van der Waals surface area contributed by atoms with Crippen LogP contribution in [0.1, 0.15) is 279 Å². The molecule has 8 aromatic carbocycles. The molecule has 16 heteroatoms. The molecule has 0 saturated carbocycles. The molecule has 0 aromatic heterocycles. The maximum absolute atomic E-state index is 15.5. The number of esters is 1. The van der Waals surface area contributed by atoms with Crippen molar-refractivity contribution < 1.29 is 76.3 Å². The molecule has 0 unspecified atom stereocenters. The third-order valence-electron chi connectivity index (χ3n) is 26.2. The van der Waals surface area contributed by atoms with Gasteiger partial charge in [0.05, 0.1) is 125 Å². The van der Waals surface area contributed by atoms with Crippen LogP contribution in [0.15, 0.2) is 146 Å². The van der Waals surface area contributed by atoms with Crippen molar-refractivity contribution in [2.24, 2.45) is 0 Å². The Hall–Kier alpha value is -8.10. The highest BCUT2D eigenvalue weighted by atomic mass is 16.6. The number of carbonyl (C=O) groups excluding carboxylic acids is 2. The first-order valence-corrected chi connectivity index (χ1v) is 47.7. The molecule has 125 heavy (non-hydrogen) atoms. The summed E-state index contributed by atoms with van der Waals surface area (Å²) >= 11 is 0. The summed E-state index contributed by atoms with van der Waals surface area (Å²) in [6, 6.07) is 55.8. The van der Waals surface area contributed by atoms with Crippen molar-refractivity contribution in [2.75, 3.05) is 140 Å². The second-order valence-electron chi connectivity index (χ2n) is 34.4. The molecule has 0 spiro atoms. The first kappa shape index (κ1) is 97.5. The summed E-state index contributed by atoms with van der Waals surface area (Å²) in [6.07, 6.45) is 33.6. The van der Waals surface area contributed by atoms with Crippen molar-refractivity contribution in [2.45, 2.75) is 244 Å². The molecular weight excluding hydrogens is 1570 g/mol. The van der Waals surface area contributed by atoms with E-state index < -0.39 is 11.4 Å². The first-order chi connectivity index (χ1) is 61.5. The Labute approximate surface area is 748 Å². The molecule has 3 aliphatic carbocycles. The molecular formula is C109H146O16. The van der Waals surface area contributed by atoms with E-state index in [9.17, 15) is 9.90 Å². The molecule has 3 aliphatic rings. The molecule has 0 saturated heterocycles. The summed E-state index contributed by atoms with van der Waals surface area (Å²) < 4.78 is 78.5. The summed E-state index contributed by atoms with van der Waals surface area (Å²) in [5.74, 6) is -0.146. The summed E-state index contributed by atoms with van der Waals surface area (Å²) in [4.78, 5) is 28.2. The molecule has 1 N–H and O–H groups in total. The summed E-state index contributed by atoms with van der Waals surface area (Å²) in [5, 5.41) is 9.40. The number of methoxy groups -OCH3 is 3. The Bertz CT molecular complexity index is 4360. The zero-order valence-electron chi connectivity index (χ0n) is 76.9. The van der Waals surface area contributed by atoms with E-state index in [4.69, 9.17) is 61.6 Å².